The molecule has 0 saturated carbocycles. The number of aromatic nitrogens is 1. The van der Waals surface area contributed by atoms with Crippen LogP contribution in [0.3, 0.4) is 0 Å². The van der Waals surface area contributed by atoms with E-state index < -0.39 is 0 Å². The zero-order valence-corrected chi connectivity index (χ0v) is 12.5. The molecule has 0 aliphatic carbocycles. The molecule has 106 valence electrons. The monoisotopic (exact) mass is 261 g/mol. The van der Waals surface area contributed by atoms with Crippen LogP contribution in [-0.4, -0.2) is 24.6 Å². The zero-order valence-electron chi connectivity index (χ0n) is 12.5. The summed E-state index contributed by atoms with van der Waals surface area (Å²) in [4.78, 5) is 7.20. The largest absolute Gasteiger partial charge is 0.367 e. The molecule has 0 amide bonds. The summed E-state index contributed by atoms with van der Waals surface area (Å²) in [5.41, 5.74) is 2.44. The van der Waals surface area contributed by atoms with Crippen molar-refractivity contribution in [1.29, 1.82) is 0 Å². The maximum Gasteiger partial charge on any atom is 0.0574 e. The highest BCUT2D eigenvalue weighted by Crippen LogP contribution is 2.26. The minimum Gasteiger partial charge on any atom is -0.367 e. The SMILES string of the molecule is CCC(NC)c1ccc(N2CCCCC2CC)cn1. The van der Waals surface area contributed by atoms with Crippen LogP contribution < -0.4 is 10.2 Å². The first-order chi connectivity index (χ1) is 9.30. The lowest BCUT2D eigenvalue weighted by molar-refractivity contribution is 0.449. The number of piperidine rings is 1. The Kier molecular flexibility index (Phi) is 5.20. The Morgan fingerprint density at radius 3 is 2.79 bits per heavy atom. The van der Waals surface area contributed by atoms with Crippen molar-refractivity contribution in [2.45, 2.75) is 58.0 Å². The molecule has 1 aliphatic rings. The third-order valence-corrected chi connectivity index (χ3v) is 4.31. The van der Waals surface area contributed by atoms with Crippen LogP contribution in [0.15, 0.2) is 18.3 Å². The van der Waals surface area contributed by atoms with Gasteiger partial charge in [-0.2, -0.15) is 0 Å². The van der Waals surface area contributed by atoms with E-state index in [1.165, 1.54) is 37.9 Å². The number of pyridine rings is 1. The van der Waals surface area contributed by atoms with Gasteiger partial charge in [0, 0.05) is 18.6 Å². The Bertz CT molecular complexity index is 370. The number of anilines is 1. The molecule has 0 radical (unpaired) electrons. The van der Waals surface area contributed by atoms with Gasteiger partial charge in [0.05, 0.1) is 17.6 Å². The van der Waals surface area contributed by atoms with Gasteiger partial charge in [0.15, 0.2) is 0 Å². The minimum absolute atomic E-state index is 0.373. The molecule has 1 aromatic rings. The summed E-state index contributed by atoms with van der Waals surface area (Å²) in [6.07, 6.45) is 8.38. The lowest BCUT2D eigenvalue weighted by Gasteiger charge is -2.37. The Balaban J connectivity index is 2.12. The topological polar surface area (TPSA) is 28.2 Å². The fourth-order valence-corrected chi connectivity index (χ4v) is 3.10. The van der Waals surface area contributed by atoms with Crippen molar-refractivity contribution in [1.82, 2.24) is 10.3 Å². The molecule has 1 saturated heterocycles. The standard InChI is InChI=1S/C16H27N3/c1-4-13-8-6-7-11-19(13)14-9-10-16(18-12-14)15(5-2)17-3/h9-10,12-13,15,17H,4-8,11H2,1-3H3. The summed E-state index contributed by atoms with van der Waals surface area (Å²) in [5.74, 6) is 0. The van der Waals surface area contributed by atoms with Crippen LogP contribution in [0.1, 0.15) is 57.7 Å². The fraction of sp³-hybridized carbons (Fsp3) is 0.688. The van der Waals surface area contributed by atoms with Gasteiger partial charge in [-0.1, -0.05) is 13.8 Å². The van der Waals surface area contributed by atoms with Gasteiger partial charge in [-0.05, 0) is 51.3 Å². The van der Waals surface area contributed by atoms with Gasteiger partial charge in [-0.25, -0.2) is 0 Å². The second-order valence-electron chi connectivity index (χ2n) is 5.44. The van der Waals surface area contributed by atoms with E-state index in [4.69, 9.17) is 0 Å². The molecule has 3 heteroatoms. The molecule has 3 nitrogen and oxygen atoms in total. The Labute approximate surface area is 117 Å². The number of nitrogens with one attached hydrogen (secondary N) is 1. The fourth-order valence-electron chi connectivity index (χ4n) is 3.10. The second-order valence-corrected chi connectivity index (χ2v) is 5.44. The van der Waals surface area contributed by atoms with Crippen LogP contribution in [0.5, 0.6) is 0 Å². The zero-order chi connectivity index (χ0) is 13.7. The Morgan fingerprint density at radius 2 is 2.21 bits per heavy atom. The van der Waals surface area contributed by atoms with E-state index in [1.54, 1.807) is 0 Å². The number of hydrogen-bond donors (Lipinski definition) is 1. The van der Waals surface area contributed by atoms with E-state index in [-0.39, 0.29) is 0 Å². The molecular weight excluding hydrogens is 234 g/mol. The molecule has 0 spiro atoms. The Morgan fingerprint density at radius 1 is 1.37 bits per heavy atom. The molecule has 0 bridgehead atoms. The van der Waals surface area contributed by atoms with Gasteiger partial charge in [0.2, 0.25) is 0 Å². The third-order valence-electron chi connectivity index (χ3n) is 4.31. The average molecular weight is 261 g/mol. The number of hydrogen-bond acceptors (Lipinski definition) is 3. The molecule has 0 aromatic carbocycles. The molecule has 2 rings (SSSR count). The predicted octanol–water partition coefficient (Wildman–Crippen LogP) is 3.52. The molecule has 2 atom stereocenters. The van der Waals surface area contributed by atoms with Gasteiger partial charge in [0.1, 0.15) is 0 Å². The quantitative estimate of drug-likeness (QED) is 0.879. The van der Waals surface area contributed by atoms with Gasteiger partial charge >= 0.3 is 0 Å². The lowest BCUT2D eigenvalue weighted by Crippen LogP contribution is -2.39. The smallest absolute Gasteiger partial charge is 0.0574 e. The van der Waals surface area contributed by atoms with Gasteiger partial charge in [-0.15, -0.1) is 0 Å². The van der Waals surface area contributed by atoms with E-state index in [2.05, 4.69) is 47.4 Å². The van der Waals surface area contributed by atoms with Crippen molar-refractivity contribution in [2.75, 3.05) is 18.5 Å². The highest BCUT2D eigenvalue weighted by molar-refractivity contribution is 5.46. The van der Waals surface area contributed by atoms with Crippen molar-refractivity contribution in [3.05, 3.63) is 24.0 Å². The van der Waals surface area contributed by atoms with Crippen molar-refractivity contribution in [3.63, 3.8) is 0 Å². The van der Waals surface area contributed by atoms with E-state index in [1.807, 2.05) is 7.05 Å². The van der Waals surface area contributed by atoms with Crippen molar-refractivity contribution < 1.29 is 0 Å². The molecule has 1 aromatic heterocycles. The molecular formula is C16H27N3. The summed E-state index contributed by atoms with van der Waals surface area (Å²) in [6, 6.07) is 5.50. The molecule has 2 heterocycles. The minimum atomic E-state index is 0.373. The second kappa shape index (κ2) is 6.90. The van der Waals surface area contributed by atoms with Crippen molar-refractivity contribution in [2.24, 2.45) is 0 Å². The van der Waals surface area contributed by atoms with Crippen LogP contribution in [0.2, 0.25) is 0 Å². The van der Waals surface area contributed by atoms with Crippen LogP contribution in [0.4, 0.5) is 5.69 Å². The lowest BCUT2D eigenvalue weighted by atomic mass is 9.99. The first kappa shape index (κ1) is 14.3. The van der Waals surface area contributed by atoms with Crippen LogP contribution in [-0.2, 0) is 0 Å². The molecule has 2 unspecified atom stereocenters. The summed E-state index contributed by atoms with van der Waals surface area (Å²) in [5, 5.41) is 3.31. The molecule has 1 N–H and O–H groups in total. The van der Waals surface area contributed by atoms with E-state index >= 15 is 0 Å². The first-order valence-corrected chi connectivity index (χ1v) is 7.70. The summed E-state index contributed by atoms with van der Waals surface area (Å²) in [7, 11) is 2.00. The highest BCUT2D eigenvalue weighted by atomic mass is 15.2. The number of rotatable bonds is 5. The average Bonchev–Trinajstić information content (AvgIpc) is 2.49. The maximum absolute atomic E-state index is 4.66. The van der Waals surface area contributed by atoms with Crippen LogP contribution in [0.25, 0.3) is 0 Å². The van der Waals surface area contributed by atoms with E-state index in [0.29, 0.717) is 12.1 Å². The molecule has 1 aliphatic heterocycles. The molecule has 1 fully saturated rings. The van der Waals surface area contributed by atoms with Crippen molar-refractivity contribution in [3.8, 4) is 0 Å². The van der Waals surface area contributed by atoms with E-state index in [0.717, 1.165) is 12.1 Å². The third kappa shape index (κ3) is 3.27. The highest BCUT2D eigenvalue weighted by Gasteiger charge is 2.21. The summed E-state index contributed by atoms with van der Waals surface area (Å²) >= 11 is 0. The molecule has 19 heavy (non-hydrogen) atoms. The van der Waals surface area contributed by atoms with Crippen LogP contribution >= 0.6 is 0 Å². The van der Waals surface area contributed by atoms with Crippen LogP contribution in [0, 0.1) is 0 Å². The predicted molar refractivity (Wildman–Crippen MR) is 81.6 cm³/mol. The van der Waals surface area contributed by atoms with Gasteiger partial charge in [-0.3, -0.25) is 4.98 Å². The number of nitrogens with zero attached hydrogens (tertiary/aromatic N) is 2. The first-order valence-electron chi connectivity index (χ1n) is 7.70. The summed E-state index contributed by atoms with van der Waals surface area (Å²) < 4.78 is 0. The van der Waals surface area contributed by atoms with E-state index in [9.17, 15) is 0 Å². The maximum atomic E-state index is 4.66. The van der Waals surface area contributed by atoms with Gasteiger partial charge < -0.3 is 10.2 Å². The summed E-state index contributed by atoms with van der Waals surface area (Å²) in [6.45, 7) is 5.66. The Hall–Kier alpha value is -1.09. The normalized spacial score (nSPS) is 21.4. The van der Waals surface area contributed by atoms with Gasteiger partial charge in [0.25, 0.3) is 0 Å². The van der Waals surface area contributed by atoms with Crippen molar-refractivity contribution >= 4 is 5.69 Å².